The van der Waals surface area contributed by atoms with Crippen LogP contribution in [0.2, 0.25) is 5.02 Å². The van der Waals surface area contributed by atoms with Crippen LogP contribution < -0.4 is 21.7 Å². The molecule has 0 aliphatic carbocycles. The minimum atomic E-state index is -4.78. The number of aromatic amines is 1. The highest BCUT2D eigenvalue weighted by Crippen LogP contribution is 2.38. The highest BCUT2D eigenvalue weighted by Gasteiger charge is 2.37. The number of para-hydroxylation sites is 1. The second-order valence-electron chi connectivity index (χ2n) is 13.8. The summed E-state index contributed by atoms with van der Waals surface area (Å²) in [6, 6.07) is 14.3. The molecule has 6 N–H and O–H groups in total. The molecule has 5 aromatic rings. The smallest absolute Gasteiger partial charge is 0.416 e. The number of hydrogen-bond acceptors (Lipinski definition) is 8. The van der Waals surface area contributed by atoms with Crippen molar-refractivity contribution >= 4 is 45.5 Å². The Labute approximate surface area is 331 Å². The van der Waals surface area contributed by atoms with Crippen LogP contribution in [0.15, 0.2) is 95.4 Å². The minimum absolute atomic E-state index is 0.0955. The first-order valence-electron chi connectivity index (χ1n) is 18.3. The van der Waals surface area contributed by atoms with Crippen LogP contribution in [-0.2, 0) is 52.9 Å². The number of unbranched alkanes of at least 4 members (excludes halogenated alkanes) is 1. The van der Waals surface area contributed by atoms with Crippen LogP contribution in [0.4, 0.5) is 13.2 Å². The number of nitrogens with one attached hydrogen (secondary N) is 4. The van der Waals surface area contributed by atoms with Crippen molar-refractivity contribution in [3.05, 3.63) is 118 Å². The summed E-state index contributed by atoms with van der Waals surface area (Å²) in [5.41, 5.74) is 7.75. The number of halogens is 4. The van der Waals surface area contributed by atoms with E-state index in [2.05, 4.69) is 30.9 Å². The van der Waals surface area contributed by atoms with Gasteiger partial charge in [0.05, 0.1) is 16.6 Å². The molecule has 6 rings (SSSR count). The lowest BCUT2D eigenvalue weighted by Gasteiger charge is -2.32. The van der Waals surface area contributed by atoms with E-state index in [0.717, 1.165) is 34.2 Å². The molecule has 0 radical (unpaired) electrons. The summed E-state index contributed by atoms with van der Waals surface area (Å²) in [6.07, 6.45) is 4.29. The number of carbonyl (C=O) groups excluding carboxylic acids is 2. The summed E-state index contributed by atoms with van der Waals surface area (Å²) in [7, 11) is 1.56. The maximum Gasteiger partial charge on any atom is 0.416 e. The average Bonchev–Trinajstić information content (AvgIpc) is 3.60. The number of carbonyl (C=O) groups is 2. The molecule has 2 amide bonds. The van der Waals surface area contributed by atoms with Gasteiger partial charge in [0, 0.05) is 97.1 Å². The number of pyridine rings is 2. The molecule has 296 valence electrons. The Bertz CT molecular complexity index is 2120. The highest BCUT2D eigenvalue weighted by molar-refractivity contribution is 7.91. The maximum atomic E-state index is 14.5. The largest absolute Gasteiger partial charge is 0.605 e. The number of fused-ring (bicyclic) bond motifs is 3. The van der Waals surface area contributed by atoms with Gasteiger partial charge in [-0.1, -0.05) is 42.3 Å². The topological polar surface area (TPSA) is 164 Å². The number of likely N-dealkylation sites (N-methyl/N-ethyl adjacent to an activating group) is 1. The number of nitrogens with two attached hydrogens (primary N) is 1. The molecule has 4 atom stereocenters. The minimum Gasteiger partial charge on any atom is -0.605 e. The van der Waals surface area contributed by atoms with Gasteiger partial charge in [0.25, 0.3) is 5.03 Å². The Kier molecular flexibility index (Phi) is 13.7. The molecule has 4 heterocycles. The zero-order chi connectivity index (χ0) is 39.8. The predicted octanol–water partition coefficient (Wildman–Crippen LogP) is 5.28. The van der Waals surface area contributed by atoms with Crippen molar-refractivity contribution in [3.8, 4) is 0 Å². The van der Waals surface area contributed by atoms with E-state index < -0.39 is 47.5 Å². The summed E-state index contributed by atoms with van der Waals surface area (Å²) in [5.74, 6) is -0.944. The molecule has 0 spiro atoms. The zero-order valence-electron chi connectivity index (χ0n) is 30.7. The van der Waals surface area contributed by atoms with Gasteiger partial charge in [-0.2, -0.15) is 13.2 Å². The number of nitrogens with zero attached hydrogens (tertiary/aromatic N) is 3. The monoisotopic (exact) mass is 808 g/mol. The standard InChI is InChI=1S/C40H44ClF3N8O3S/c1-52-35(18-27-22-49-33-11-3-2-10-31(27)33)37(53)51-23-28-17-29(40(42,43)44)19-32(41)36(28)56(55)38-26(9-7-15-47-38)21-48-30(16-25-8-6-14-46-20-25)24-50-34(39(52)54)12-4-5-13-45/h2-3,6-11,14-15,17,19-20,22,30,34-35,48-50H,4-5,12-13,16,18,21,23-24,45H2,1H3,(H,51,53)/t30-,34-,35-,56?/m0/s1. The van der Waals surface area contributed by atoms with Crippen LogP contribution in [0, 0.1) is 0 Å². The van der Waals surface area contributed by atoms with Gasteiger partial charge in [-0.3, -0.25) is 14.6 Å². The van der Waals surface area contributed by atoms with Crippen LogP contribution in [0.3, 0.4) is 0 Å². The highest BCUT2D eigenvalue weighted by atomic mass is 35.5. The normalized spacial score (nSPS) is 20.3. The van der Waals surface area contributed by atoms with Gasteiger partial charge in [-0.05, 0) is 73.3 Å². The Morgan fingerprint density at radius 1 is 1.00 bits per heavy atom. The maximum absolute atomic E-state index is 14.5. The lowest BCUT2D eigenvalue weighted by molar-refractivity contribution is -0.140. The van der Waals surface area contributed by atoms with Crippen LogP contribution in [0.25, 0.3) is 10.9 Å². The van der Waals surface area contributed by atoms with Crippen LogP contribution in [-0.4, -0.2) is 74.5 Å². The first kappa shape index (κ1) is 41.1. The van der Waals surface area contributed by atoms with Crippen LogP contribution in [0.1, 0.15) is 47.1 Å². The molecule has 1 aliphatic rings. The van der Waals surface area contributed by atoms with Gasteiger partial charge < -0.3 is 36.1 Å². The van der Waals surface area contributed by atoms with E-state index >= 15 is 0 Å². The Hall–Kier alpha value is -4.51. The number of benzene rings is 2. The van der Waals surface area contributed by atoms with E-state index in [0.29, 0.717) is 44.3 Å². The van der Waals surface area contributed by atoms with E-state index in [4.69, 9.17) is 17.3 Å². The number of alkyl halides is 3. The molecule has 3 aromatic heterocycles. The third-order valence-electron chi connectivity index (χ3n) is 9.96. The number of rotatable bonds is 8. The van der Waals surface area contributed by atoms with Gasteiger partial charge in [0.1, 0.15) is 6.04 Å². The zero-order valence-corrected chi connectivity index (χ0v) is 32.3. The lowest BCUT2D eigenvalue weighted by atomic mass is 10.0. The van der Waals surface area contributed by atoms with Crippen molar-refractivity contribution in [2.24, 2.45) is 5.73 Å². The molecule has 0 fully saturated rings. The van der Waals surface area contributed by atoms with Crippen LogP contribution in [0.5, 0.6) is 0 Å². The fourth-order valence-electron chi connectivity index (χ4n) is 6.95. The number of hydrogen-bond donors (Lipinski definition) is 5. The lowest BCUT2D eigenvalue weighted by Crippen LogP contribution is -2.55. The van der Waals surface area contributed by atoms with Gasteiger partial charge in [-0.15, -0.1) is 0 Å². The second-order valence-corrected chi connectivity index (χ2v) is 15.6. The van der Waals surface area contributed by atoms with E-state index in [1.165, 1.54) is 11.1 Å². The molecule has 2 aromatic carbocycles. The Balaban J connectivity index is 1.45. The second kappa shape index (κ2) is 18.6. The predicted molar refractivity (Wildman–Crippen MR) is 209 cm³/mol. The van der Waals surface area contributed by atoms with Crippen molar-refractivity contribution in [2.75, 3.05) is 20.1 Å². The van der Waals surface area contributed by atoms with Crippen molar-refractivity contribution < 1.29 is 27.3 Å². The van der Waals surface area contributed by atoms with Crippen molar-refractivity contribution in [3.63, 3.8) is 0 Å². The van der Waals surface area contributed by atoms with E-state index in [9.17, 15) is 27.3 Å². The van der Waals surface area contributed by atoms with Crippen molar-refractivity contribution in [1.29, 1.82) is 0 Å². The van der Waals surface area contributed by atoms with Gasteiger partial charge in [0.15, 0.2) is 4.90 Å². The van der Waals surface area contributed by atoms with Crippen molar-refractivity contribution in [1.82, 2.24) is 35.8 Å². The molecule has 0 saturated heterocycles. The van der Waals surface area contributed by atoms with Gasteiger partial charge in [0.2, 0.25) is 11.8 Å². The molecule has 16 heteroatoms. The quantitative estimate of drug-likeness (QED) is 0.104. The molecule has 0 saturated carbocycles. The Morgan fingerprint density at radius 3 is 2.57 bits per heavy atom. The number of aromatic nitrogens is 3. The van der Waals surface area contributed by atoms with Gasteiger partial charge in [-0.25, -0.2) is 4.98 Å². The first-order chi connectivity index (χ1) is 26.9. The fourth-order valence-corrected chi connectivity index (χ4v) is 8.74. The molecule has 1 aliphatic heterocycles. The SMILES string of the molecule is CN1C(=O)[C@H](CCCCN)NC[C@H](Cc2cccnc2)NCc2cccnc2[S+]([O-])c2c(Cl)cc(C(F)(F)F)cc2CNC(=O)[C@@H]1Cc1c[nH]c2ccccc12. The first-order valence-corrected chi connectivity index (χ1v) is 19.9. The van der Waals surface area contributed by atoms with Crippen molar-refractivity contribution in [2.45, 2.75) is 79.4 Å². The molecule has 56 heavy (non-hydrogen) atoms. The summed E-state index contributed by atoms with van der Waals surface area (Å²) >= 11 is 4.39. The molecular formula is C40H44ClF3N8O3S. The molecular weight excluding hydrogens is 765 g/mol. The number of H-pyrrole nitrogens is 1. The molecule has 0 bridgehead atoms. The van der Waals surface area contributed by atoms with E-state index in [1.54, 1.807) is 37.8 Å². The average molecular weight is 809 g/mol. The Morgan fingerprint density at radius 2 is 1.80 bits per heavy atom. The summed E-state index contributed by atoms with van der Waals surface area (Å²) < 4.78 is 56.9. The van der Waals surface area contributed by atoms with E-state index in [1.807, 2.05) is 36.4 Å². The fraction of sp³-hybridized carbons (Fsp3) is 0.350. The molecule has 1 unspecified atom stereocenters. The summed E-state index contributed by atoms with van der Waals surface area (Å²) in [4.78, 5) is 42.0. The van der Waals surface area contributed by atoms with Gasteiger partial charge >= 0.3 is 6.18 Å². The molecule has 11 nitrogen and oxygen atoms in total. The summed E-state index contributed by atoms with van der Waals surface area (Å²) in [5, 5.41) is 10.3. The third-order valence-corrected chi connectivity index (χ3v) is 11.9. The summed E-state index contributed by atoms with van der Waals surface area (Å²) in [6.45, 7) is 0.504. The third kappa shape index (κ3) is 9.89. The van der Waals surface area contributed by atoms with E-state index in [-0.39, 0.29) is 45.4 Å². The van der Waals surface area contributed by atoms with Crippen LogP contribution >= 0.6 is 11.6 Å². The number of amides is 2.